The van der Waals surface area contributed by atoms with Gasteiger partial charge >= 0.3 is 0 Å². The summed E-state index contributed by atoms with van der Waals surface area (Å²) in [7, 11) is 0. The Hall–Kier alpha value is -8.73. The molecule has 1 aromatic heterocycles. The number of rotatable bonds is 5. The van der Waals surface area contributed by atoms with Crippen molar-refractivity contribution < 1.29 is 0 Å². The molecular formula is C95H104BN3. The maximum Gasteiger partial charge on any atom is 0.252 e. The lowest BCUT2D eigenvalue weighted by molar-refractivity contribution is 0.568. The van der Waals surface area contributed by atoms with Crippen molar-refractivity contribution in [2.75, 3.05) is 9.80 Å². The summed E-state index contributed by atoms with van der Waals surface area (Å²) >= 11 is 0. The van der Waals surface area contributed by atoms with E-state index < -0.39 is 0 Å². The highest BCUT2D eigenvalue weighted by molar-refractivity contribution is 7.00. The Morgan fingerprint density at radius 1 is 0.242 bits per heavy atom. The molecule has 0 unspecified atom stereocenters. The number of nitrogens with zero attached hydrogens (tertiary/aromatic N) is 3. The SMILES string of the molecule is CC(C)(C)c1cc(-c2cc(-c3cc4c5c(c3)N(c3cc(C(C)(C)C)cc(C(C)(C)C)c3)c3cc6ccc7ccccc7c6cc3B5c3cc5c(ccc6ccccc65)cc3N4c3cc(C(C)(C)C)cc(C(C)(C)C)c3)cc(-c3cc(C(C)(C)C)cc(C(C)(C)C)c3)n2)cc(C(C)(C)C)c1. The maximum atomic E-state index is 5.94. The molecule has 14 rings (SSSR count). The van der Waals surface area contributed by atoms with E-state index in [4.69, 9.17) is 4.98 Å². The van der Waals surface area contributed by atoms with Gasteiger partial charge in [-0.25, -0.2) is 4.98 Å². The van der Waals surface area contributed by atoms with Gasteiger partial charge in [-0.2, -0.15) is 0 Å². The highest BCUT2D eigenvalue weighted by Gasteiger charge is 2.45. The zero-order valence-electron chi connectivity index (χ0n) is 63.9. The van der Waals surface area contributed by atoms with Crippen LogP contribution < -0.4 is 26.2 Å². The number of hydrogen-bond acceptors (Lipinski definition) is 3. The zero-order valence-corrected chi connectivity index (χ0v) is 63.9. The Morgan fingerprint density at radius 2 is 0.525 bits per heavy atom. The van der Waals surface area contributed by atoms with E-state index in [1.807, 2.05) is 0 Å². The molecule has 0 aliphatic carbocycles. The van der Waals surface area contributed by atoms with Crippen molar-refractivity contribution in [1.82, 2.24) is 4.98 Å². The van der Waals surface area contributed by atoms with Gasteiger partial charge in [0.2, 0.25) is 0 Å². The van der Waals surface area contributed by atoms with Gasteiger partial charge in [0.25, 0.3) is 6.71 Å². The van der Waals surface area contributed by atoms with Crippen LogP contribution in [0.2, 0.25) is 0 Å². The second-order valence-electron chi connectivity index (χ2n) is 37.6. The minimum absolute atomic E-state index is 0.110. The highest BCUT2D eigenvalue weighted by Crippen LogP contribution is 2.51. The van der Waals surface area contributed by atoms with Crippen LogP contribution in [0.25, 0.3) is 76.7 Å². The number of hydrogen-bond donors (Lipinski definition) is 0. The van der Waals surface area contributed by atoms with E-state index in [2.05, 4.69) is 370 Å². The van der Waals surface area contributed by atoms with Crippen LogP contribution in [0.5, 0.6) is 0 Å². The van der Waals surface area contributed by atoms with Gasteiger partial charge in [-0.3, -0.25) is 0 Å². The first-order chi connectivity index (χ1) is 46.1. The number of fused-ring (bicyclic) bond motifs is 10. The van der Waals surface area contributed by atoms with Gasteiger partial charge < -0.3 is 9.80 Å². The third kappa shape index (κ3) is 12.3. The predicted octanol–water partition coefficient (Wildman–Crippen LogP) is 25.2. The zero-order chi connectivity index (χ0) is 71.0. The molecule has 0 fully saturated rings. The van der Waals surface area contributed by atoms with Crippen molar-refractivity contribution in [2.45, 2.75) is 209 Å². The van der Waals surface area contributed by atoms with E-state index in [0.29, 0.717) is 0 Å². The molecule has 0 saturated heterocycles. The largest absolute Gasteiger partial charge is 0.311 e. The molecule has 2 aliphatic rings. The van der Waals surface area contributed by atoms with Gasteiger partial charge in [-0.1, -0.05) is 275 Å². The van der Waals surface area contributed by atoms with E-state index in [-0.39, 0.29) is 50.0 Å². The van der Waals surface area contributed by atoms with Crippen molar-refractivity contribution in [2.24, 2.45) is 0 Å². The lowest BCUT2D eigenvalue weighted by Gasteiger charge is -2.45. The molecule has 0 radical (unpaired) electrons. The van der Waals surface area contributed by atoms with Crippen LogP contribution >= 0.6 is 0 Å². The number of anilines is 6. The average molecular weight is 1300 g/mol. The summed E-state index contributed by atoms with van der Waals surface area (Å²) in [4.78, 5) is 11.3. The molecule has 0 N–H and O–H groups in total. The Labute approximate surface area is 593 Å². The molecule has 3 heterocycles. The van der Waals surface area contributed by atoms with Crippen molar-refractivity contribution >= 4 is 100 Å². The molecule has 0 amide bonds. The summed E-state index contributed by atoms with van der Waals surface area (Å²) in [5.74, 6) is 0. The second-order valence-corrected chi connectivity index (χ2v) is 37.6. The second kappa shape index (κ2) is 22.9. The molecule has 0 atom stereocenters. The van der Waals surface area contributed by atoms with Crippen molar-refractivity contribution in [3.63, 3.8) is 0 Å². The van der Waals surface area contributed by atoms with Crippen molar-refractivity contribution in [3.8, 4) is 33.6 Å². The van der Waals surface area contributed by atoms with Crippen LogP contribution in [-0.2, 0) is 43.3 Å². The van der Waals surface area contributed by atoms with Crippen LogP contribution in [0.1, 0.15) is 211 Å². The molecule has 11 aromatic carbocycles. The normalized spacial score (nSPS) is 14.0. The lowest BCUT2D eigenvalue weighted by Crippen LogP contribution is -2.61. The first kappa shape index (κ1) is 67.5. The van der Waals surface area contributed by atoms with E-state index >= 15 is 0 Å². The monoisotopic (exact) mass is 1300 g/mol. The fourth-order valence-corrected chi connectivity index (χ4v) is 15.2. The quantitative estimate of drug-likeness (QED) is 0.126. The summed E-state index contributed by atoms with van der Waals surface area (Å²) in [6, 6.07) is 77.3. The van der Waals surface area contributed by atoms with Gasteiger partial charge in [0.05, 0.1) is 11.4 Å². The standard InChI is InChI=1S/C95H104BN3/c1-88(2,3)65-37-63(38-66(47-65)89(4,5)6)81-41-61(42-82(97-81)64-39-67(90(7,8)9)48-68(40-64)91(10,11)12)62-45-85-87-86(46-62)99(74-53-71(94(19,20)21)50-72(54-74)95(22,23)24)84-44-60-36-34-58-30-26-28-32-76(58)78(60)56-80(84)96(87)79-55-77-59(35-33-57-29-25-27-31-75(57)77)43-83(79)98(85)73-51-69(92(13,14)15)49-70(52-73)93(16,17)18/h25-56H,1-24H3. The van der Waals surface area contributed by atoms with E-state index in [1.54, 1.807) is 0 Å². The molecule has 2 aliphatic heterocycles. The fraction of sp³-hybridized carbons (Fsp3) is 0.337. The van der Waals surface area contributed by atoms with Gasteiger partial charge in [-0.05, 0) is 243 Å². The Balaban J connectivity index is 1.20. The predicted molar refractivity (Wildman–Crippen MR) is 434 cm³/mol. The maximum absolute atomic E-state index is 5.94. The fourth-order valence-electron chi connectivity index (χ4n) is 15.2. The summed E-state index contributed by atoms with van der Waals surface area (Å²) in [5.41, 5.74) is 26.8. The number of pyridine rings is 1. The topological polar surface area (TPSA) is 19.4 Å². The van der Waals surface area contributed by atoms with E-state index in [0.717, 1.165) is 45.0 Å². The van der Waals surface area contributed by atoms with Crippen LogP contribution in [0.3, 0.4) is 0 Å². The van der Waals surface area contributed by atoms with Gasteiger partial charge in [0, 0.05) is 45.3 Å². The molecule has 0 bridgehead atoms. The van der Waals surface area contributed by atoms with E-state index in [9.17, 15) is 0 Å². The van der Waals surface area contributed by atoms with Crippen LogP contribution in [-0.4, -0.2) is 11.7 Å². The Kier molecular flexibility index (Phi) is 15.6. The number of aromatic nitrogens is 1. The van der Waals surface area contributed by atoms with Crippen molar-refractivity contribution in [1.29, 1.82) is 0 Å². The molecule has 502 valence electrons. The molecule has 0 saturated carbocycles. The molecule has 12 aromatic rings. The van der Waals surface area contributed by atoms with Crippen LogP contribution in [0.15, 0.2) is 194 Å². The molecule has 99 heavy (non-hydrogen) atoms. The minimum atomic E-state index is -0.176. The molecule has 3 nitrogen and oxygen atoms in total. The van der Waals surface area contributed by atoms with Crippen LogP contribution in [0.4, 0.5) is 34.1 Å². The minimum Gasteiger partial charge on any atom is -0.311 e. The molecular weight excluding hydrogens is 1190 g/mol. The third-order valence-electron chi connectivity index (χ3n) is 21.7. The summed E-state index contributed by atoms with van der Waals surface area (Å²) in [5, 5.41) is 9.99. The van der Waals surface area contributed by atoms with Crippen LogP contribution in [0, 0.1) is 0 Å². The average Bonchev–Trinajstić information content (AvgIpc) is 0.687. The summed E-state index contributed by atoms with van der Waals surface area (Å²) < 4.78 is 0. The molecule has 4 heteroatoms. The van der Waals surface area contributed by atoms with Crippen molar-refractivity contribution in [3.05, 3.63) is 239 Å². The highest BCUT2D eigenvalue weighted by atomic mass is 15.2. The lowest BCUT2D eigenvalue weighted by atomic mass is 9.33. The smallest absolute Gasteiger partial charge is 0.252 e. The Morgan fingerprint density at radius 3 is 0.838 bits per heavy atom. The van der Waals surface area contributed by atoms with Gasteiger partial charge in [-0.15, -0.1) is 0 Å². The first-order valence-electron chi connectivity index (χ1n) is 36.4. The summed E-state index contributed by atoms with van der Waals surface area (Å²) in [6.45, 7) is 56.5. The van der Waals surface area contributed by atoms with Gasteiger partial charge in [0.15, 0.2) is 0 Å². The first-order valence-corrected chi connectivity index (χ1v) is 36.4. The number of benzene rings is 11. The van der Waals surface area contributed by atoms with Gasteiger partial charge in [0.1, 0.15) is 0 Å². The third-order valence-corrected chi connectivity index (χ3v) is 21.7. The molecule has 0 spiro atoms. The summed E-state index contributed by atoms with van der Waals surface area (Å²) in [6.07, 6.45) is 0. The Bertz CT molecular complexity index is 4840. The van der Waals surface area contributed by atoms with E-state index in [1.165, 1.54) is 127 Å².